The number of hydrogen-bond donors (Lipinski definition) is 2. The van der Waals surface area contributed by atoms with E-state index >= 15 is 0 Å². The molecule has 1 aliphatic heterocycles. The highest BCUT2D eigenvalue weighted by Crippen LogP contribution is 2.19. The fraction of sp³-hybridized carbons (Fsp3) is 0.333. The number of carbonyl (C=O) groups is 1. The Kier molecular flexibility index (Phi) is 5.02. The number of anilines is 1. The summed E-state index contributed by atoms with van der Waals surface area (Å²) < 4.78 is 1.67. The third-order valence-corrected chi connectivity index (χ3v) is 4.76. The van der Waals surface area contributed by atoms with Crippen LogP contribution in [0.25, 0.3) is 5.69 Å². The van der Waals surface area contributed by atoms with E-state index in [0.29, 0.717) is 17.3 Å². The smallest absolute Gasteiger partial charge is 0.227 e. The Morgan fingerprint density at radius 3 is 3.18 bits per heavy atom. The van der Waals surface area contributed by atoms with Crippen molar-refractivity contribution in [3.8, 4) is 5.69 Å². The number of aromatic nitrogens is 2. The van der Waals surface area contributed by atoms with Gasteiger partial charge in [0, 0.05) is 41.6 Å². The topological polar surface area (TPSA) is 59.0 Å². The highest BCUT2D eigenvalue weighted by molar-refractivity contribution is 7.99. The van der Waals surface area contributed by atoms with Crippen molar-refractivity contribution in [1.29, 1.82) is 0 Å². The van der Waals surface area contributed by atoms with Gasteiger partial charge in [-0.3, -0.25) is 4.79 Å². The summed E-state index contributed by atoms with van der Waals surface area (Å²) in [4.78, 5) is 12.2. The maximum absolute atomic E-state index is 12.2. The summed E-state index contributed by atoms with van der Waals surface area (Å²) in [5.41, 5.74) is 0.819. The van der Waals surface area contributed by atoms with Gasteiger partial charge < -0.3 is 10.6 Å². The molecule has 3 rings (SSSR count). The Bertz CT molecular complexity index is 654. The van der Waals surface area contributed by atoms with Gasteiger partial charge in [0.05, 0.1) is 11.9 Å². The number of benzene rings is 1. The molecule has 0 bridgehead atoms. The molecule has 2 heterocycles. The summed E-state index contributed by atoms with van der Waals surface area (Å²) in [6, 6.07) is 9.38. The molecule has 1 aromatic carbocycles. The minimum Gasteiger partial charge on any atom is -0.312 e. The van der Waals surface area contributed by atoms with E-state index in [9.17, 15) is 4.79 Å². The number of rotatable bonds is 4. The van der Waals surface area contributed by atoms with Crippen molar-refractivity contribution in [3.05, 3.63) is 41.6 Å². The Hall–Kier alpha value is -1.50. The second-order valence-electron chi connectivity index (χ2n) is 5.09. The molecular weight excluding hydrogens is 320 g/mol. The average molecular weight is 337 g/mol. The molecule has 1 fully saturated rings. The SMILES string of the molecule is O=C(CC1CSCCN1)Nc1ccnn1-c1cccc(Cl)c1. The number of nitrogens with zero attached hydrogens (tertiary/aromatic N) is 2. The molecule has 7 heteroatoms. The number of amides is 1. The molecule has 1 aliphatic rings. The van der Waals surface area contributed by atoms with Crippen molar-refractivity contribution >= 4 is 35.1 Å². The van der Waals surface area contributed by atoms with E-state index in [-0.39, 0.29) is 11.9 Å². The molecule has 0 radical (unpaired) electrons. The summed E-state index contributed by atoms with van der Waals surface area (Å²) in [7, 11) is 0. The lowest BCUT2D eigenvalue weighted by molar-refractivity contribution is -0.116. The Morgan fingerprint density at radius 1 is 1.50 bits per heavy atom. The fourth-order valence-electron chi connectivity index (χ4n) is 2.38. The van der Waals surface area contributed by atoms with Gasteiger partial charge in [-0.25, -0.2) is 4.68 Å². The zero-order valence-corrected chi connectivity index (χ0v) is 13.5. The molecule has 0 saturated carbocycles. The lowest BCUT2D eigenvalue weighted by Crippen LogP contribution is -2.40. The van der Waals surface area contributed by atoms with E-state index < -0.39 is 0 Å². The molecule has 22 heavy (non-hydrogen) atoms. The van der Waals surface area contributed by atoms with Crippen molar-refractivity contribution in [2.75, 3.05) is 23.4 Å². The summed E-state index contributed by atoms with van der Waals surface area (Å²) >= 11 is 7.89. The van der Waals surface area contributed by atoms with E-state index in [0.717, 1.165) is 23.7 Å². The Morgan fingerprint density at radius 2 is 2.41 bits per heavy atom. The predicted molar refractivity (Wildman–Crippen MR) is 90.9 cm³/mol. The second kappa shape index (κ2) is 7.17. The lowest BCUT2D eigenvalue weighted by atomic mass is 10.2. The Labute approximate surface area is 138 Å². The van der Waals surface area contributed by atoms with Gasteiger partial charge >= 0.3 is 0 Å². The van der Waals surface area contributed by atoms with Crippen LogP contribution in [-0.2, 0) is 4.79 Å². The fourth-order valence-corrected chi connectivity index (χ4v) is 3.51. The minimum atomic E-state index is -0.0104. The standard InChI is InChI=1S/C15H17ClN4OS/c16-11-2-1-3-13(8-11)20-14(4-5-18-20)19-15(21)9-12-10-22-7-6-17-12/h1-5,8,12,17H,6-7,9-10H2,(H,19,21). The van der Waals surface area contributed by atoms with Crippen molar-refractivity contribution in [2.45, 2.75) is 12.5 Å². The summed E-state index contributed by atoms with van der Waals surface area (Å²) in [5, 5.41) is 11.2. The molecule has 1 unspecified atom stereocenters. The first-order valence-electron chi connectivity index (χ1n) is 7.13. The molecule has 1 saturated heterocycles. The predicted octanol–water partition coefficient (Wildman–Crippen LogP) is 2.56. The molecule has 0 spiro atoms. The van der Waals surface area contributed by atoms with Gasteiger partial charge in [0.15, 0.2) is 0 Å². The number of nitrogens with one attached hydrogen (secondary N) is 2. The zero-order valence-electron chi connectivity index (χ0n) is 12.0. The first kappa shape index (κ1) is 15.4. The van der Waals surface area contributed by atoms with Gasteiger partial charge in [-0.2, -0.15) is 16.9 Å². The molecule has 0 aliphatic carbocycles. The van der Waals surface area contributed by atoms with Crippen molar-refractivity contribution < 1.29 is 4.79 Å². The number of thioether (sulfide) groups is 1. The first-order valence-corrected chi connectivity index (χ1v) is 8.66. The maximum atomic E-state index is 12.2. The van der Waals surface area contributed by atoms with E-state index in [1.165, 1.54) is 0 Å². The average Bonchev–Trinajstić information content (AvgIpc) is 2.96. The minimum absolute atomic E-state index is 0.0104. The zero-order chi connectivity index (χ0) is 15.4. The van der Waals surface area contributed by atoms with Gasteiger partial charge in [-0.15, -0.1) is 0 Å². The number of hydrogen-bond acceptors (Lipinski definition) is 4. The van der Waals surface area contributed by atoms with Gasteiger partial charge in [-0.1, -0.05) is 17.7 Å². The van der Waals surface area contributed by atoms with Crippen LogP contribution in [0.3, 0.4) is 0 Å². The molecule has 116 valence electrons. The van der Waals surface area contributed by atoms with Crippen LogP contribution in [0.4, 0.5) is 5.82 Å². The molecule has 1 amide bonds. The normalized spacial score (nSPS) is 18.1. The first-order chi connectivity index (χ1) is 10.7. The summed E-state index contributed by atoms with van der Waals surface area (Å²) in [6.45, 7) is 0.961. The van der Waals surface area contributed by atoms with Crippen LogP contribution in [0, 0.1) is 0 Å². The summed E-state index contributed by atoms with van der Waals surface area (Å²) in [6.07, 6.45) is 2.12. The number of halogens is 1. The van der Waals surface area contributed by atoms with Gasteiger partial charge in [0.2, 0.25) is 5.91 Å². The van der Waals surface area contributed by atoms with Crippen LogP contribution in [0.15, 0.2) is 36.5 Å². The maximum Gasteiger partial charge on any atom is 0.227 e. The van der Waals surface area contributed by atoms with Crippen molar-refractivity contribution in [2.24, 2.45) is 0 Å². The quantitative estimate of drug-likeness (QED) is 0.901. The Balaban J connectivity index is 1.68. The molecule has 5 nitrogen and oxygen atoms in total. The highest BCUT2D eigenvalue weighted by Gasteiger charge is 2.17. The van der Waals surface area contributed by atoms with Crippen LogP contribution in [0.2, 0.25) is 5.02 Å². The third kappa shape index (κ3) is 3.82. The summed E-state index contributed by atoms with van der Waals surface area (Å²) in [5.74, 6) is 2.72. The van der Waals surface area contributed by atoms with Crippen LogP contribution >= 0.6 is 23.4 Å². The second-order valence-corrected chi connectivity index (χ2v) is 6.67. The van der Waals surface area contributed by atoms with Gasteiger partial charge in [0.25, 0.3) is 0 Å². The van der Waals surface area contributed by atoms with E-state index in [4.69, 9.17) is 11.6 Å². The monoisotopic (exact) mass is 336 g/mol. The highest BCUT2D eigenvalue weighted by atomic mass is 35.5. The molecule has 2 N–H and O–H groups in total. The van der Waals surface area contributed by atoms with Crippen molar-refractivity contribution in [1.82, 2.24) is 15.1 Å². The van der Waals surface area contributed by atoms with Crippen LogP contribution in [0.1, 0.15) is 6.42 Å². The van der Waals surface area contributed by atoms with Crippen molar-refractivity contribution in [3.63, 3.8) is 0 Å². The van der Waals surface area contributed by atoms with Crippen LogP contribution in [0.5, 0.6) is 0 Å². The molecule has 1 aromatic heterocycles. The van der Waals surface area contributed by atoms with Crippen LogP contribution in [-0.4, -0.2) is 39.8 Å². The van der Waals surface area contributed by atoms with Crippen LogP contribution < -0.4 is 10.6 Å². The van der Waals surface area contributed by atoms with E-state index in [1.807, 2.05) is 30.0 Å². The van der Waals surface area contributed by atoms with Gasteiger partial charge in [0.1, 0.15) is 5.82 Å². The lowest BCUT2D eigenvalue weighted by Gasteiger charge is -2.22. The van der Waals surface area contributed by atoms with E-state index in [1.54, 1.807) is 23.0 Å². The molecular formula is C15H17ClN4OS. The van der Waals surface area contributed by atoms with Gasteiger partial charge in [-0.05, 0) is 18.2 Å². The third-order valence-electron chi connectivity index (χ3n) is 3.39. The molecule has 1 atom stereocenters. The number of carbonyl (C=O) groups excluding carboxylic acids is 1. The molecule has 2 aromatic rings. The van der Waals surface area contributed by atoms with E-state index in [2.05, 4.69) is 15.7 Å². The largest absolute Gasteiger partial charge is 0.312 e.